The summed E-state index contributed by atoms with van der Waals surface area (Å²) in [6, 6.07) is 3.97. The number of aromatic nitrogens is 2. The molecule has 1 amide bonds. The van der Waals surface area contributed by atoms with Crippen molar-refractivity contribution >= 4 is 17.2 Å². The lowest BCUT2D eigenvalue weighted by atomic mass is 10.1. The Labute approximate surface area is 134 Å². The SMILES string of the molecule is Cc1cc(C2CN(C(=O)c3sc(C)nc3C)CCO2)ccn1. The van der Waals surface area contributed by atoms with Crippen molar-refractivity contribution in [3.63, 3.8) is 0 Å². The first-order chi connectivity index (χ1) is 10.5. The minimum absolute atomic E-state index is 0.0576. The number of carbonyl (C=O) groups is 1. The van der Waals surface area contributed by atoms with Gasteiger partial charge in [0.1, 0.15) is 11.0 Å². The molecule has 1 aliphatic rings. The minimum Gasteiger partial charge on any atom is -0.370 e. The Kier molecular flexibility index (Phi) is 4.22. The molecule has 5 nitrogen and oxygen atoms in total. The molecule has 2 aromatic rings. The number of amides is 1. The Hall–Kier alpha value is -1.79. The Morgan fingerprint density at radius 3 is 2.91 bits per heavy atom. The number of aryl methyl sites for hydroxylation is 3. The zero-order chi connectivity index (χ0) is 15.7. The molecule has 1 atom stereocenters. The molecule has 3 heterocycles. The van der Waals surface area contributed by atoms with Crippen molar-refractivity contribution in [1.82, 2.24) is 14.9 Å². The summed E-state index contributed by atoms with van der Waals surface area (Å²) in [5.74, 6) is 0.0576. The fraction of sp³-hybridized carbons (Fsp3) is 0.438. The molecule has 22 heavy (non-hydrogen) atoms. The molecule has 1 saturated heterocycles. The summed E-state index contributed by atoms with van der Waals surface area (Å²) in [5, 5.41) is 0.926. The second-order valence-electron chi connectivity index (χ2n) is 5.49. The third-order valence-electron chi connectivity index (χ3n) is 3.74. The summed E-state index contributed by atoms with van der Waals surface area (Å²) >= 11 is 1.46. The van der Waals surface area contributed by atoms with Gasteiger partial charge in [0.25, 0.3) is 5.91 Å². The first-order valence-electron chi connectivity index (χ1n) is 7.32. The van der Waals surface area contributed by atoms with Crippen LogP contribution >= 0.6 is 11.3 Å². The van der Waals surface area contributed by atoms with Crippen molar-refractivity contribution < 1.29 is 9.53 Å². The third kappa shape index (κ3) is 3.03. The van der Waals surface area contributed by atoms with E-state index in [9.17, 15) is 4.79 Å². The first-order valence-corrected chi connectivity index (χ1v) is 8.13. The van der Waals surface area contributed by atoms with E-state index < -0.39 is 0 Å². The fourth-order valence-corrected chi connectivity index (χ4v) is 3.56. The highest BCUT2D eigenvalue weighted by molar-refractivity contribution is 7.13. The maximum atomic E-state index is 12.7. The van der Waals surface area contributed by atoms with E-state index in [1.54, 1.807) is 6.20 Å². The van der Waals surface area contributed by atoms with Gasteiger partial charge in [0.05, 0.1) is 23.9 Å². The van der Waals surface area contributed by atoms with Crippen LogP contribution in [0, 0.1) is 20.8 Å². The molecule has 116 valence electrons. The number of nitrogens with zero attached hydrogens (tertiary/aromatic N) is 3. The fourth-order valence-electron chi connectivity index (χ4n) is 2.68. The highest BCUT2D eigenvalue weighted by atomic mass is 32.1. The maximum Gasteiger partial charge on any atom is 0.266 e. The average molecular weight is 317 g/mol. The molecule has 0 saturated carbocycles. The standard InChI is InChI=1S/C16H19N3O2S/c1-10-8-13(4-5-17-10)14-9-19(6-7-21-14)16(20)15-11(2)18-12(3)22-15/h4-5,8,14H,6-7,9H2,1-3H3. The Morgan fingerprint density at radius 2 is 2.23 bits per heavy atom. The van der Waals surface area contributed by atoms with Gasteiger partial charge < -0.3 is 9.64 Å². The highest BCUT2D eigenvalue weighted by Crippen LogP contribution is 2.25. The number of hydrogen-bond donors (Lipinski definition) is 0. The van der Waals surface area contributed by atoms with E-state index in [-0.39, 0.29) is 12.0 Å². The molecule has 0 aliphatic carbocycles. The molecule has 6 heteroatoms. The number of morpholine rings is 1. The molecule has 0 N–H and O–H groups in total. The van der Waals surface area contributed by atoms with Gasteiger partial charge in [0.2, 0.25) is 0 Å². The molecule has 0 spiro atoms. The number of hydrogen-bond acceptors (Lipinski definition) is 5. The first kappa shape index (κ1) is 15.1. The summed E-state index contributed by atoms with van der Waals surface area (Å²) in [7, 11) is 0. The van der Waals surface area contributed by atoms with Crippen LogP contribution in [0.15, 0.2) is 18.3 Å². The van der Waals surface area contributed by atoms with Crippen LogP contribution in [-0.2, 0) is 4.74 Å². The van der Waals surface area contributed by atoms with Crippen molar-refractivity contribution in [1.29, 1.82) is 0 Å². The van der Waals surface area contributed by atoms with Crippen LogP contribution in [0.3, 0.4) is 0 Å². The summed E-state index contributed by atoms with van der Waals surface area (Å²) in [5.41, 5.74) is 2.84. The van der Waals surface area contributed by atoms with Crippen LogP contribution in [0.25, 0.3) is 0 Å². The molecule has 3 rings (SSSR count). The van der Waals surface area contributed by atoms with Crippen molar-refractivity contribution in [3.05, 3.63) is 45.2 Å². The van der Waals surface area contributed by atoms with E-state index in [1.165, 1.54) is 11.3 Å². The van der Waals surface area contributed by atoms with Gasteiger partial charge in [-0.1, -0.05) is 0 Å². The topological polar surface area (TPSA) is 55.3 Å². The van der Waals surface area contributed by atoms with Crippen LogP contribution < -0.4 is 0 Å². The Balaban J connectivity index is 1.78. The largest absolute Gasteiger partial charge is 0.370 e. The Morgan fingerprint density at radius 1 is 1.41 bits per heavy atom. The van der Waals surface area contributed by atoms with Crippen LogP contribution in [0.2, 0.25) is 0 Å². The van der Waals surface area contributed by atoms with Crippen LogP contribution in [0.4, 0.5) is 0 Å². The van der Waals surface area contributed by atoms with Crippen LogP contribution in [-0.4, -0.2) is 40.5 Å². The van der Waals surface area contributed by atoms with E-state index >= 15 is 0 Å². The van der Waals surface area contributed by atoms with Crippen molar-refractivity contribution in [3.8, 4) is 0 Å². The number of ether oxygens (including phenoxy) is 1. The van der Waals surface area contributed by atoms with E-state index in [0.717, 1.165) is 26.8 Å². The zero-order valence-electron chi connectivity index (χ0n) is 13.0. The quantitative estimate of drug-likeness (QED) is 0.854. The smallest absolute Gasteiger partial charge is 0.266 e. The number of pyridine rings is 1. The van der Waals surface area contributed by atoms with Gasteiger partial charge in [-0.25, -0.2) is 4.98 Å². The molecule has 1 fully saturated rings. The molecule has 0 bridgehead atoms. The lowest BCUT2D eigenvalue weighted by Crippen LogP contribution is -2.42. The number of carbonyl (C=O) groups excluding carboxylic acids is 1. The van der Waals surface area contributed by atoms with Gasteiger partial charge >= 0.3 is 0 Å². The van der Waals surface area contributed by atoms with Gasteiger partial charge in [-0.2, -0.15) is 0 Å². The van der Waals surface area contributed by atoms with E-state index in [2.05, 4.69) is 9.97 Å². The van der Waals surface area contributed by atoms with E-state index in [1.807, 2.05) is 37.8 Å². The van der Waals surface area contributed by atoms with E-state index in [0.29, 0.717) is 19.7 Å². The Bertz CT molecular complexity index is 698. The summed E-state index contributed by atoms with van der Waals surface area (Å²) < 4.78 is 5.84. The molecule has 0 radical (unpaired) electrons. The molecule has 2 aromatic heterocycles. The van der Waals surface area contributed by atoms with E-state index in [4.69, 9.17) is 4.74 Å². The molecular formula is C16H19N3O2S. The molecule has 1 unspecified atom stereocenters. The second kappa shape index (κ2) is 6.14. The second-order valence-corrected chi connectivity index (χ2v) is 6.69. The normalized spacial score (nSPS) is 18.5. The summed E-state index contributed by atoms with van der Waals surface area (Å²) in [4.78, 5) is 23.9. The van der Waals surface area contributed by atoms with Crippen molar-refractivity contribution in [2.45, 2.75) is 26.9 Å². The van der Waals surface area contributed by atoms with Gasteiger partial charge in [-0.05, 0) is 38.5 Å². The van der Waals surface area contributed by atoms with Crippen molar-refractivity contribution in [2.75, 3.05) is 19.7 Å². The molecule has 0 aromatic carbocycles. The average Bonchev–Trinajstić information content (AvgIpc) is 2.85. The number of rotatable bonds is 2. The van der Waals surface area contributed by atoms with Crippen molar-refractivity contribution in [2.24, 2.45) is 0 Å². The lowest BCUT2D eigenvalue weighted by Gasteiger charge is -2.33. The van der Waals surface area contributed by atoms with Gasteiger partial charge in [0.15, 0.2) is 0 Å². The van der Waals surface area contributed by atoms with Gasteiger partial charge in [-0.15, -0.1) is 11.3 Å². The maximum absolute atomic E-state index is 12.7. The molecular weight excluding hydrogens is 298 g/mol. The summed E-state index contributed by atoms with van der Waals surface area (Å²) in [6.07, 6.45) is 1.69. The highest BCUT2D eigenvalue weighted by Gasteiger charge is 2.28. The predicted octanol–water partition coefficient (Wildman–Crippen LogP) is 2.68. The summed E-state index contributed by atoms with van der Waals surface area (Å²) in [6.45, 7) is 7.51. The van der Waals surface area contributed by atoms with Gasteiger partial charge in [-0.3, -0.25) is 9.78 Å². The van der Waals surface area contributed by atoms with Gasteiger partial charge in [0, 0.05) is 18.4 Å². The molecule has 1 aliphatic heterocycles. The third-order valence-corrected chi connectivity index (χ3v) is 4.80. The lowest BCUT2D eigenvalue weighted by molar-refractivity contribution is -0.0227. The minimum atomic E-state index is -0.0891. The monoisotopic (exact) mass is 317 g/mol. The van der Waals surface area contributed by atoms with Crippen LogP contribution in [0.5, 0.6) is 0 Å². The van der Waals surface area contributed by atoms with Crippen LogP contribution in [0.1, 0.15) is 37.7 Å². The number of thiazole rings is 1. The predicted molar refractivity (Wildman–Crippen MR) is 85.2 cm³/mol. The zero-order valence-corrected chi connectivity index (χ0v) is 13.8.